The number of amides is 1. The van der Waals surface area contributed by atoms with Crippen LogP contribution in [-0.4, -0.2) is 21.1 Å². The van der Waals surface area contributed by atoms with E-state index in [-0.39, 0.29) is 21.6 Å². The summed E-state index contributed by atoms with van der Waals surface area (Å²) in [7, 11) is 0. The molecule has 94 valence electrons. The number of carbonyl (C=O) groups is 1. The number of carbonyl (C=O) groups excluding carboxylic acids is 1. The van der Waals surface area contributed by atoms with Crippen LogP contribution in [0.4, 0.5) is 5.82 Å². The maximum Gasteiger partial charge on any atom is 0.258 e. The Morgan fingerprint density at radius 3 is 2.94 bits per heavy atom. The van der Waals surface area contributed by atoms with E-state index in [0.717, 1.165) is 12.0 Å². The van der Waals surface area contributed by atoms with Gasteiger partial charge in [0.1, 0.15) is 11.0 Å². The van der Waals surface area contributed by atoms with E-state index >= 15 is 0 Å². The molecule has 2 rings (SSSR count). The van der Waals surface area contributed by atoms with Gasteiger partial charge in [0.15, 0.2) is 0 Å². The number of anilines is 1. The highest BCUT2D eigenvalue weighted by atomic mass is 35.5. The summed E-state index contributed by atoms with van der Waals surface area (Å²) in [6.07, 6.45) is 3.76. The lowest BCUT2D eigenvalue weighted by atomic mass is 10.2. The maximum absolute atomic E-state index is 12.0. The lowest BCUT2D eigenvalue weighted by Gasteiger charge is -2.06. The summed E-state index contributed by atoms with van der Waals surface area (Å²) in [5.41, 5.74) is 1.19. The number of nitrogens with zero attached hydrogens (tertiary/aromatic N) is 2. The number of H-pyrrole nitrogens is 1. The van der Waals surface area contributed by atoms with Gasteiger partial charge in [-0.15, -0.1) is 0 Å². The molecule has 0 saturated heterocycles. The van der Waals surface area contributed by atoms with Crippen molar-refractivity contribution in [1.29, 1.82) is 0 Å². The van der Waals surface area contributed by atoms with E-state index in [1.165, 1.54) is 12.3 Å². The summed E-state index contributed by atoms with van der Waals surface area (Å²) < 4.78 is 0. The Morgan fingerprint density at radius 2 is 2.22 bits per heavy atom. The van der Waals surface area contributed by atoms with Gasteiger partial charge in [-0.3, -0.25) is 9.89 Å². The summed E-state index contributed by atoms with van der Waals surface area (Å²) in [4.78, 5) is 15.8. The fraction of sp³-hybridized carbons (Fsp3) is 0.182. The van der Waals surface area contributed by atoms with Crippen molar-refractivity contribution in [3.05, 3.63) is 39.8 Å². The van der Waals surface area contributed by atoms with Crippen molar-refractivity contribution >= 4 is 34.9 Å². The van der Waals surface area contributed by atoms with Crippen LogP contribution in [-0.2, 0) is 6.42 Å². The SMILES string of the molecule is CCc1cn[nH]c1NC(=O)c1cc(Cl)ncc1Cl. The van der Waals surface area contributed by atoms with Gasteiger partial charge in [0, 0.05) is 11.8 Å². The Kier molecular flexibility index (Phi) is 3.84. The van der Waals surface area contributed by atoms with Gasteiger partial charge in [-0.25, -0.2) is 4.98 Å². The van der Waals surface area contributed by atoms with Gasteiger partial charge in [0.2, 0.25) is 0 Å². The largest absolute Gasteiger partial charge is 0.307 e. The van der Waals surface area contributed by atoms with Crippen molar-refractivity contribution in [3.63, 3.8) is 0 Å². The maximum atomic E-state index is 12.0. The predicted molar refractivity (Wildman–Crippen MR) is 70.2 cm³/mol. The molecule has 2 N–H and O–H groups in total. The minimum atomic E-state index is -0.358. The molecule has 2 aromatic heterocycles. The van der Waals surface area contributed by atoms with Crippen LogP contribution in [0.3, 0.4) is 0 Å². The summed E-state index contributed by atoms with van der Waals surface area (Å²) in [5, 5.41) is 9.74. The second kappa shape index (κ2) is 5.37. The van der Waals surface area contributed by atoms with Crippen LogP contribution >= 0.6 is 23.2 Å². The van der Waals surface area contributed by atoms with Crippen molar-refractivity contribution in [2.45, 2.75) is 13.3 Å². The first-order chi connectivity index (χ1) is 8.61. The smallest absolute Gasteiger partial charge is 0.258 e. The number of nitrogens with one attached hydrogen (secondary N) is 2. The molecule has 0 radical (unpaired) electrons. The van der Waals surface area contributed by atoms with Crippen molar-refractivity contribution in [1.82, 2.24) is 15.2 Å². The third-order valence-electron chi connectivity index (χ3n) is 2.40. The standard InChI is InChI=1S/C11H10Cl2N4O/c1-2-6-4-15-17-10(6)16-11(18)7-3-9(13)14-5-8(7)12/h3-5H,2H2,1H3,(H2,15,16,17,18). The van der Waals surface area contributed by atoms with Gasteiger partial charge in [0.05, 0.1) is 16.8 Å². The highest BCUT2D eigenvalue weighted by Gasteiger charge is 2.14. The van der Waals surface area contributed by atoms with Crippen LogP contribution < -0.4 is 5.32 Å². The lowest BCUT2D eigenvalue weighted by molar-refractivity contribution is 0.102. The number of aromatic nitrogens is 3. The van der Waals surface area contributed by atoms with Crippen molar-refractivity contribution in [2.75, 3.05) is 5.32 Å². The average molecular weight is 285 g/mol. The minimum Gasteiger partial charge on any atom is -0.307 e. The molecule has 0 bridgehead atoms. The number of aromatic amines is 1. The quantitative estimate of drug-likeness (QED) is 0.852. The van der Waals surface area contributed by atoms with E-state index in [9.17, 15) is 4.79 Å². The molecule has 0 fully saturated rings. The second-order valence-corrected chi connectivity index (χ2v) is 4.36. The molecule has 0 saturated carbocycles. The molecule has 18 heavy (non-hydrogen) atoms. The highest BCUT2D eigenvalue weighted by molar-refractivity contribution is 6.35. The molecule has 2 heterocycles. The Balaban J connectivity index is 2.25. The van der Waals surface area contributed by atoms with Gasteiger partial charge >= 0.3 is 0 Å². The summed E-state index contributed by atoms with van der Waals surface area (Å²) in [6, 6.07) is 1.42. The van der Waals surface area contributed by atoms with E-state index in [1.807, 2.05) is 6.92 Å². The van der Waals surface area contributed by atoms with E-state index < -0.39 is 0 Å². The molecule has 0 aliphatic carbocycles. The third kappa shape index (κ3) is 2.63. The van der Waals surface area contributed by atoms with Crippen LogP contribution in [0.1, 0.15) is 22.8 Å². The van der Waals surface area contributed by atoms with Crippen LogP contribution in [0, 0.1) is 0 Å². The van der Waals surface area contributed by atoms with Crippen molar-refractivity contribution in [2.24, 2.45) is 0 Å². The molecule has 7 heteroatoms. The number of aryl methyl sites for hydroxylation is 1. The molecule has 2 aromatic rings. The molecular weight excluding hydrogens is 275 g/mol. The Morgan fingerprint density at radius 1 is 1.44 bits per heavy atom. The number of hydrogen-bond acceptors (Lipinski definition) is 3. The zero-order valence-electron chi connectivity index (χ0n) is 9.50. The first-order valence-electron chi connectivity index (χ1n) is 5.26. The van der Waals surface area contributed by atoms with Crippen LogP contribution in [0.2, 0.25) is 10.2 Å². The fourth-order valence-corrected chi connectivity index (χ4v) is 1.80. The molecule has 0 spiro atoms. The van der Waals surface area contributed by atoms with Gasteiger partial charge in [-0.1, -0.05) is 30.1 Å². The van der Waals surface area contributed by atoms with Crippen LogP contribution in [0.15, 0.2) is 18.5 Å². The highest BCUT2D eigenvalue weighted by Crippen LogP contribution is 2.20. The Labute approximate surface area is 114 Å². The molecule has 0 aliphatic rings. The number of rotatable bonds is 3. The normalized spacial score (nSPS) is 10.4. The first kappa shape index (κ1) is 12.9. The van der Waals surface area contributed by atoms with E-state index in [1.54, 1.807) is 6.20 Å². The molecular formula is C11H10Cl2N4O. The first-order valence-corrected chi connectivity index (χ1v) is 6.02. The van der Waals surface area contributed by atoms with Gasteiger partial charge < -0.3 is 5.32 Å². The molecule has 0 aromatic carbocycles. The molecule has 0 aliphatic heterocycles. The topological polar surface area (TPSA) is 70.7 Å². The Hall–Kier alpha value is -1.59. The van der Waals surface area contributed by atoms with E-state index in [4.69, 9.17) is 23.2 Å². The summed E-state index contributed by atoms with van der Waals surface area (Å²) in [5.74, 6) is 0.203. The summed E-state index contributed by atoms with van der Waals surface area (Å²) in [6.45, 7) is 1.97. The molecule has 5 nitrogen and oxygen atoms in total. The number of hydrogen-bond donors (Lipinski definition) is 2. The van der Waals surface area contributed by atoms with E-state index in [2.05, 4.69) is 20.5 Å². The fourth-order valence-electron chi connectivity index (χ4n) is 1.46. The second-order valence-electron chi connectivity index (χ2n) is 3.56. The third-order valence-corrected chi connectivity index (χ3v) is 2.91. The zero-order chi connectivity index (χ0) is 13.1. The van der Waals surface area contributed by atoms with Crippen molar-refractivity contribution in [3.8, 4) is 0 Å². The average Bonchev–Trinajstić information content (AvgIpc) is 2.79. The predicted octanol–water partition coefficient (Wildman–Crippen LogP) is 2.93. The monoisotopic (exact) mass is 284 g/mol. The molecule has 1 amide bonds. The molecule has 0 atom stereocenters. The zero-order valence-corrected chi connectivity index (χ0v) is 11.0. The Bertz CT molecular complexity index is 582. The van der Waals surface area contributed by atoms with Crippen LogP contribution in [0.5, 0.6) is 0 Å². The molecule has 0 unspecified atom stereocenters. The van der Waals surface area contributed by atoms with Gasteiger partial charge in [-0.05, 0) is 12.5 Å². The van der Waals surface area contributed by atoms with Gasteiger partial charge in [-0.2, -0.15) is 5.10 Å². The lowest BCUT2D eigenvalue weighted by Crippen LogP contribution is -2.14. The van der Waals surface area contributed by atoms with Crippen LogP contribution in [0.25, 0.3) is 0 Å². The van der Waals surface area contributed by atoms with E-state index in [0.29, 0.717) is 5.82 Å². The van der Waals surface area contributed by atoms with Gasteiger partial charge in [0.25, 0.3) is 5.91 Å². The summed E-state index contributed by atoms with van der Waals surface area (Å²) >= 11 is 11.6. The minimum absolute atomic E-state index is 0.213. The number of halogens is 2. The number of pyridine rings is 1. The van der Waals surface area contributed by atoms with Crippen molar-refractivity contribution < 1.29 is 4.79 Å².